The molecule has 2 N–H and O–H groups in total. The van der Waals surface area contributed by atoms with Crippen LogP contribution in [0.4, 0.5) is 5.69 Å². The van der Waals surface area contributed by atoms with Gasteiger partial charge in [-0.05, 0) is 56.6 Å². The van der Waals surface area contributed by atoms with Crippen LogP contribution in [0.5, 0.6) is 0 Å². The minimum absolute atomic E-state index is 0.649. The lowest BCUT2D eigenvalue weighted by Gasteiger charge is -2.20. The van der Waals surface area contributed by atoms with E-state index in [1.54, 1.807) is 0 Å². The van der Waals surface area contributed by atoms with Crippen LogP contribution in [-0.2, 0) is 0 Å². The summed E-state index contributed by atoms with van der Waals surface area (Å²) in [7, 11) is 0. The standard InChI is InChI=1S/C16H20N4/c1-10-17-16(20-19-10)13-4-2-3-5-14(13)18-15(11-6-7-11)12-8-9-12/h2-5,11-12,15,18H,6-9H2,1H3,(H,17,19,20). The van der Waals surface area contributed by atoms with Gasteiger partial charge in [0.2, 0.25) is 0 Å². The van der Waals surface area contributed by atoms with Crippen molar-refractivity contribution in [2.24, 2.45) is 11.8 Å². The lowest BCUT2D eigenvalue weighted by molar-refractivity contribution is 0.568. The summed E-state index contributed by atoms with van der Waals surface area (Å²) in [5.74, 6) is 3.40. The van der Waals surface area contributed by atoms with Gasteiger partial charge in [0.05, 0.1) is 0 Å². The maximum absolute atomic E-state index is 4.46. The average molecular weight is 268 g/mol. The first-order chi connectivity index (χ1) is 9.81. The van der Waals surface area contributed by atoms with Crippen molar-refractivity contribution < 1.29 is 0 Å². The smallest absolute Gasteiger partial charge is 0.183 e. The third-order valence-corrected chi connectivity index (χ3v) is 4.35. The van der Waals surface area contributed by atoms with Crippen molar-refractivity contribution >= 4 is 5.69 Å². The highest BCUT2D eigenvalue weighted by Gasteiger charge is 2.41. The van der Waals surface area contributed by atoms with Crippen LogP contribution in [-0.4, -0.2) is 21.2 Å². The molecule has 0 atom stereocenters. The number of aromatic amines is 1. The first-order valence-electron chi connectivity index (χ1n) is 7.56. The first kappa shape index (κ1) is 11.9. The van der Waals surface area contributed by atoms with E-state index in [9.17, 15) is 0 Å². The normalized spacial score (nSPS) is 18.5. The van der Waals surface area contributed by atoms with Gasteiger partial charge in [-0.15, -0.1) is 0 Å². The summed E-state index contributed by atoms with van der Waals surface area (Å²) in [6.45, 7) is 1.93. The van der Waals surface area contributed by atoms with Gasteiger partial charge in [-0.3, -0.25) is 5.10 Å². The van der Waals surface area contributed by atoms with Crippen molar-refractivity contribution in [1.29, 1.82) is 0 Å². The van der Waals surface area contributed by atoms with Gasteiger partial charge in [0.25, 0.3) is 0 Å². The number of H-pyrrole nitrogens is 1. The topological polar surface area (TPSA) is 53.6 Å². The molecule has 0 spiro atoms. The number of benzene rings is 1. The number of aromatic nitrogens is 3. The molecule has 2 aromatic rings. The Kier molecular flexibility index (Phi) is 2.76. The number of nitrogens with one attached hydrogen (secondary N) is 2. The zero-order valence-electron chi connectivity index (χ0n) is 11.8. The van der Waals surface area contributed by atoms with Gasteiger partial charge in [-0.1, -0.05) is 12.1 Å². The third-order valence-electron chi connectivity index (χ3n) is 4.35. The number of hydrogen-bond donors (Lipinski definition) is 2. The molecule has 2 saturated carbocycles. The molecular formula is C16H20N4. The quantitative estimate of drug-likeness (QED) is 0.874. The highest BCUT2D eigenvalue weighted by atomic mass is 15.2. The van der Waals surface area contributed by atoms with Crippen LogP contribution >= 0.6 is 0 Å². The Labute approximate surface area is 119 Å². The summed E-state index contributed by atoms with van der Waals surface area (Å²) in [6.07, 6.45) is 5.54. The van der Waals surface area contributed by atoms with E-state index in [1.807, 2.05) is 6.92 Å². The number of hydrogen-bond acceptors (Lipinski definition) is 3. The Morgan fingerprint density at radius 2 is 1.85 bits per heavy atom. The minimum atomic E-state index is 0.649. The molecule has 2 fully saturated rings. The van der Waals surface area contributed by atoms with E-state index in [4.69, 9.17) is 0 Å². The lowest BCUT2D eigenvalue weighted by atomic mass is 10.1. The maximum atomic E-state index is 4.46. The van der Waals surface area contributed by atoms with Crippen molar-refractivity contribution in [3.8, 4) is 11.4 Å². The lowest BCUT2D eigenvalue weighted by Crippen LogP contribution is -2.24. The molecule has 0 radical (unpaired) electrons. The van der Waals surface area contributed by atoms with Gasteiger partial charge >= 0.3 is 0 Å². The van der Waals surface area contributed by atoms with Gasteiger partial charge in [-0.25, -0.2) is 4.98 Å². The number of aryl methyl sites for hydroxylation is 1. The van der Waals surface area contributed by atoms with Crippen LogP contribution < -0.4 is 5.32 Å². The molecular weight excluding hydrogens is 248 g/mol. The van der Waals surface area contributed by atoms with Crippen LogP contribution in [0.2, 0.25) is 0 Å². The maximum Gasteiger partial charge on any atom is 0.183 e. The van der Waals surface area contributed by atoms with E-state index in [-0.39, 0.29) is 0 Å². The van der Waals surface area contributed by atoms with E-state index in [1.165, 1.54) is 31.4 Å². The zero-order chi connectivity index (χ0) is 13.5. The van der Waals surface area contributed by atoms with E-state index in [0.717, 1.165) is 29.0 Å². The molecule has 0 saturated heterocycles. The SMILES string of the molecule is Cc1nc(-c2ccccc2NC(C2CC2)C2CC2)n[nH]1. The second-order valence-electron chi connectivity index (χ2n) is 6.13. The van der Waals surface area contributed by atoms with Gasteiger partial charge in [-0.2, -0.15) is 5.10 Å². The largest absolute Gasteiger partial charge is 0.381 e. The number of rotatable bonds is 5. The van der Waals surface area contributed by atoms with Crippen molar-refractivity contribution in [3.05, 3.63) is 30.1 Å². The van der Waals surface area contributed by atoms with Crippen LogP contribution in [0.25, 0.3) is 11.4 Å². The fraction of sp³-hybridized carbons (Fsp3) is 0.500. The van der Waals surface area contributed by atoms with Crippen LogP contribution in [0.3, 0.4) is 0 Å². The summed E-state index contributed by atoms with van der Waals surface area (Å²) >= 11 is 0. The molecule has 0 unspecified atom stereocenters. The van der Waals surface area contributed by atoms with Crippen molar-refractivity contribution in [2.45, 2.75) is 38.6 Å². The predicted octanol–water partition coefficient (Wildman–Crippen LogP) is 3.38. The summed E-state index contributed by atoms with van der Waals surface area (Å²) in [5, 5.41) is 11.0. The first-order valence-corrected chi connectivity index (χ1v) is 7.56. The van der Waals surface area contributed by atoms with Gasteiger partial charge in [0.15, 0.2) is 5.82 Å². The number of para-hydroxylation sites is 1. The molecule has 2 aliphatic carbocycles. The highest BCUT2D eigenvalue weighted by molar-refractivity contribution is 5.73. The van der Waals surface area contributed by atoms with Gasteiger partial charge in [0.1, 0.15) is 5.82 Å². The van der Waals surface area contributed by atoms with Gasteiger partial charge < -0.3 is 5.32 Å². The predicted molar refractivity (Wildman–Crippen MR) is 79.4 cm³/mol. The Morgan fingerprint density at radius 1 is 1.15 bits per heavy atom. The monoisotopic (exact) mass is 268 g/mol. The molecule has 2 aliphatic rings. The van der Waals surface area contributed by atoms with Crippen LogP contribution in [0, 0.1) is 18.8 Å². The highest BCUT2D eigenvalue weighted by Crippen LogP contribution is 2.46. The van der Waals surface area contributed by atoms with E-state index in [2.05, 4.69) is 44.8 Å². The van der Waals surface area contributed by atoms with E-state index < -0.39 is 0 Å². The molecule has 1 aromatic carbocycles. The molecule has 104 valence electrons. The van der Waals surface area contributed by atoms with Crippen LogP contribution in [0.1, 0.15) is 31.5 Å². The fourth-order valence-electron chi connectivity index (χ4n) is 2.98. The molecule has 4 rings (SSSR count). The number of anilines is 1. The molecule has 0 bridgehead atoms. The minimum Gasteiger partial charge on any atom is -0.381 e. The van der Waals surface area contributed by atoms with Crippen LogP contribution in [0.15, 0.2) is 24.3 Å². The Bertz CT molecular complexity index is 598. The van der Waals surface area contributed by atoms with E-state index in [0.29, 0.717) is 6.04 Å². The van der Waals surface area contributed by atoms with Crippen molar-refractivity contribution in [1.82, 2.24) is 15.2 Å². The van der Waals surface area contributed by atoms with Gasteiger partial charge in [0, 0.05) is 17.3 Å². The summed E-state index contributed by atoms with van der Waals surface area (Å²) in [4.78, 5) is 4.46. The Morgan fingerprint density at radius 3 is 2.45 bits per heavy atom. The van der Waals surface area contributed by atoms with Crippen molar-refractivity contribution in [3.63, 3.8) is 0 Å². The fourth-order valence-corrected chi connectivity index (χ4v) is 2.98. The third kappa shape index (κ3) is 2.30. The second-order valence-corrected chi connectivity index (χ2v) is 6.13. The molecule has 20 heavy (non-hydrogen) atoms. The molecule has 4 nitrogen and oxygen atoms in total. The average Bonchev–Trinajstić information content (AvgIpc) is 3.36. The molecule has 0 aliphatic heterocycles. The second kappa shape index (κ2) is 4.62. The summed E-state index contributed by atoms with van der Waals surface area (Å²) in [5.41, 5.74) is 2.28. The molecule has 1 aromatic heterocycles. The molecule has 0 amide bonds. The molecule has 1 heterocycles. The van der Waals surface area contributed by atoms with Crippen molar-refractivity contribution in [2.75, 3.05) is 5.32 Å². The summed E-state index contributed by atoms with van der Waals surface area (Å²) < 4.78 is 0. The van der Waals surface area contributed by atoms with E-state index >= 15 is 0 Å². The summed E-state index contributed by atoms with van der Waals surface area (Å²) in [6, 6.07) is 9.04. The zero-order valence-corrected chi connectivity index (χ0v) is 11.8. The number of nitrogens with zero attached hydrogens (tertiary/aromatic N) is 2. The Balaban J connectivity index is 1.63. The Hall–Kier alpha value is -1.84. The molecule has 4 heteroatoms.